The van der Waals surface area contributed by atoms with Gasteiger partial charge in [0.1, 0.15) is 0 Å². The van der Waals surface area contributed by atoms with E-state index in [1.807, 2.05) is 0 Å². The second kappa shape index (κ2) is 38.5. The van der Waals surface area contributed by atoms with Gasteiger partial charge in [-0.2, -0.15) is 0 Å². The zero-order valence-electron chi connectivity index (χ0n) is 85.7. The SMILES string of the molecule is COC(=O)CCC(C)C1CCC2[C@@H]3C(CC(O)C12C)C1(C)CC[C@@H](NC(=O)CCC(C)C2CCC4[C@@H]5C(CC(O)C24C)C2(C)CC[C@@H](Nc4ccc([N+](=O)[O-])c6nonc46)C[C@H]2C[C@@H]5O)C[C@H]1C[C@@H]3O.COC(=O)CCC(C)C1CCC2[C@@H]3C(CC(O)C12C)C1(C)CC[C@@H](NC(=O)CCC(C)C2CCC4[C@@H]5C(CC(O)C24C)C2(C)CC[C@@H](Nc4ccc([N+](=O)[O-])c6nonc46)C[C@H]2C[C@@H]5O)C[C@H]1C[C@@H]3O. The number of nitro groups is 2. The Morgan fingerprint density at radius 2 is 0.621 bits per heavy atom. The van der Waals surface area contributed by atoms with Crippen LogP contribution in [0.4, 0.5) is 22.7 Å². The van der Waals surface area contributed by atoms with Crippen molar-refractivity contribution in [2.24, 2.45) is 185 Å². The number of esters is 2. The molecule has 30 heteroatoms. The second-order valence-electron chi connectivity index (χ2n) is 51.6. The predicted molar refractivity (Wildman–Crippen MR) is 525 cm³/mol. The first-order valence-electron chi connectivity index (χ1n) is 55.0. The number of non-ortho nitro benzene ring substituents is 2. The molecule has 2 aromatic heterocycles. The molecule has 776 valence electrons. The van der Waals surface area contributed by atoms with Crippen molar-refractivity contribution in [2.75, 3.05) is 24.9 Å². The largest absolute Gasteiger partial charge is 0.469 e. The maximum atomic E-state index is 13.8. The van der Waals surface area contributed by atoms with E-state index >= 15 is 0 Å². The molecule has 30 nitrogen and oxygen atoms in total. The van der Waals surface area contributed by atoms with Gasteiger partial charge in [0.05, 0.1) is 84.3 Å². The van der Waals surface area contributed by atoms with Crippen molar-refractivity contribution in [1.29, 1.82) is 0 Å². The van der Waals surface area contributed by atoms with Crippen LogP contribution < -0.4 is 21.3 Å². The molecule has 0 bridgehead atoms. The van der Waals surface area contributed by atoms with Gasteiger partial charge in [0, 0.05) is 62.0 Å². The Kier molecular flexibility index (Phi) is 28.0. The van der Waals surface area contributed by atoms with Crippen LogP contribution in [-0.4, -0.2) is 182 Å². The van der Waals surface area contributed by atoms with Crippen LogP contribution in [0.1, 0.15) is 314 Å². The lowest BCUT2D eigenvalue weighted by atomic mass is 9.43. The predicted octanol–water partition coefficient (Wildman–Crippen LogP) is 17.2. The minimum Gasteiger partial charge on any atom is -0.469 e. The van der Waals surface area contributed by atoms with Gasteiger partial charge in [-0.25, -0.2) is 9.26 Å². The lowest BCUT2D eigenvalue weighted by Gasteiger charge is -2.64. The molecular formula is C110H166N10O20. The summed E-state index contributed by atoms with van der Waals surface area (Å²) in [6, 6.07) is 6.54. The standard InChI is InChI=1S/2C55H83N5O10/c2*1-28(8-16-46(65)57-33-19-21-53(4)31(23-33)25-43(62)49-37-13-11-35(29(2)9-17-47(66)69-7)55(37,6)45(64)27-39(49)53)34-10-12-36-48-38(26-44(63)54(34,36)5)52(3)20-18-32(22-30(52)24-42(48)61)56-40-14-15-41(60(67)68)51-50(40)58-70-59-51/h2*14-15,28-39,42-45,48-49,56,61-64H,8-13,16-27H2,1-7H3,(H,57,65)/t2*28?,29?,30-,31-,32+,33+,34?,35?,36?,37?,38?,39?,42-,43-,44?,45?,48+,49+,52?,53?,54?,55?/m00/s1. The monoisotopic (exact) mass is 1950 g/mol. The fourth-order valence-corrected chi connectivity index (χ4v) is 38.8. The van der Waals surface area contributed by atoms with Crippen molar-refractivity contribution >= 4 is 68.6 Å². The maximum Gasteiger partial charge on any atom is 0.305 e. The lowest BCUT2D eigenvalue weighted by Crippen LogP contribution is -2.63. The highest BCUT2D eigenvalue weighted by atomic mass is 16.6. The molecule has 0 spiro atoms. The van der Waals surface area contributed by atoms with Crippen LogP contribution in [0.3, 0.4) is 0 Å². The van der Waals surface area contributed by atoms with Crippen LogP contribution in [0, 0.1) is 206 Å². The van der Waals surface area contributed by atoms with Crippen molar-refractivity contribution in [3.63, 3.8) is 0 Å². The van der Waals surface area contributed by atoms with Crippen LogP contribution in [0.25, 0.3) is 22.1 Å². The van der Waals surface area contributed by atoms with E-state index in [-0.39, 0.29) is 244 Å². The fraction of sp³-hybridized carbons (Fsp3) is 0.855. The number of ether oxygens (including phenoxy) is 2. The Morgan fingerprint density at radius 1 is 0.364 bits per heavy atom. The highest BCUT2D eigenvalue weighted by Gasteiger charge is 2.72. The molecule has 2 amide bonds. The van der Waals surface area contributed by atoms with Gasteiger partial charge in [0.2, 0.25) is 22.8 Å². The third-order valence-corrected chi connectivity index (χ3v) is 46.5. The van der Waals surface area contributed by atoms with Crippen LogP contribution in [-0.2, 0) is 28.7 Å². The molecule has 0 aliphatic heterocycles. The zero-order valence-corrected chi connectivity index (χ0v) is 85.7. The normalized spacial score (nSPS) is 46.0. The van der Waals surface area contributed by atoms with Gasteiger partial charge in [-0.05, 0) is 424 Å². The van der Waals surface area contributed by atoms with Crippen LogP contribution >= 0.6 is 0 Å². The van der Waals surface area contributed by atoms with Gasteiger partial charge in [-0.1, -0.05) is 83.1 Å². The van der Waals surface area contributed by atoms with Crippen molar-refractivity contribution in [3.05, 3.63) is 44.5 Å². The summed E-state index contributed by atoms with van der Waals surface area (Å²) in [6.07, 6.45) is 25.4. The van der Waals surface area contributed by atoms with Gasteiger partial charge in [0.15, 0.2) is 11.0 Å². The number of nitrogens with zero attached hydrogens (tertiary/aromatic N) is 6. The van der Waals surface area contributed by atoms with Crippen molar-refractivity contribution in [2.45, 2.75) is 387 Å². The number of hydrogen-bond acceptors (Lipinski definition) is 26. The molecule has 12 N–H and O–H groups in total. The summed E-state index contributed by atoms with van der Waals surface area (Å²) in [5, 5.41) is 150. The minimum atomic E-state index is -0.494. The van der Waals surface area contributed by atoms with E-state index in [1.54, 1.807) is 12.1 Å². The number of carbonyl (C=O) groups excluding carboxylic acids is 4. The summed E-state index contributed by atoms with van der Waals surface area (Å²) in [6.45, 7) is 27.7. The van der Waals surface area contributed by atoms with E-state index in [4.69, 9.17) is 18.7 Å². The number of hydrogen-bond donors (Lipinski definition) is 12. The molecule has 16 fully saturated rings. The number of amides is 2. The van der Waals surface area contributed by atoms with Crippen molar-refractivity contribution in [3.8, 4) is 0 Å². The van der Waals surface area contributed by atoms with Gasteiger partial charge in [-0.15, -0.1) is 0 Å². The number of carbonyl (C=O) groups is 4. The number of benzene rings is 2. The molecule has 2 heterocycles. The lowest BCUT2D eigenvalue weighted by molar-refractivity contribution is -0.383. The van der Waals surface area contributed by atoms with Crippen molar-refractivity contribution in [1.82, 2.24) is 31.3 Å². The van der Waals surface area contributed by atoms with E-state index in [0.717, 1.165) is 167 Å². The maximum absolute atomic E-state index is 13.8. The minimum absolute atomic E-state index is 0.00692. The average molecular weight is 1950 g/mol. The molecule has 0 saturated heterocycles. The topological polar surface area (TPSA) is 461 Å². The van der Waals surface area contributed by atoms with E-state index in [9.17, 15) is 80.3 Å². The molecule has 28 unspecified atom stereocenters. The summed E-state index contributed by atoms with van der Waals surface area (Å²) < 4.78 is 19.7. The highest BCUT2D eigenvalue weighted by Crippen LogP contribution is 2.75. The molecule has 4 aromatic rings. The Labute approximate surface area is 826 Å². The second-order valence-corrected chi connectivity index (χ2v) is 51.6. The number of aromatic nitrogens is 4. The van der Waals surface area contributed by atoms with Gasteiger partial charge in [0.25, 0.3) is 0 Å². The van der Waals surface area contributed by atoms with Crippen LogP contribution in [0.5, 0.6) is 0 Å². The van der Waals surface area contributed by atoms with E-state index in [1.165, 1.54) is 26.4 Å². The molecular weight excluding hydrogens is 1780 g/mol. The summed E-state index contributed by atoms with van der Waals surface area (Å²) >= 11 is 0. The first kappa shape index (κ1) is 102. The molecule has 2 aromatic carbocycles. The Morgan fingerprint density at radius 3 is 0.893 bits per heavy atom. The Hall–Kier alpha value is -6.80. The first-order chi connectivity index (χ1) is 66.5. The van der Waals surface area contributed by atoms with Gasteiger partial charge >= 0.3 is 23.3 Å². The van der Waals surface area contributed by atoms with Crippen LogP contribution in [0.15, 0.2) is 33.5 Å². The number of aliphatic hydroxyl groups is 8. The number of aliphatic hydroxyl groups excluding tert-OH is 8. The third-order valence-electron chi connectivity index (χ3n) is 46.5. The van der Waals surface area contributed by atoms with Crippen LogP contribution in [0.2, 0.25) is 0 Å². The summed E-state index contributed by atoms with van der Waals surface area (Å²) in [7, 11) is 2.87. The molecule has 20 rings (SSSR count). The molecule has 140 heavy (non-hydrogen) atoms. The summed E-state index contributed by atoms with van der Waals surface area (Å²) in [4.78, 5) is 73.9. The average Bonchev–Trinajstić information content (AvgIpc) is 1.46. The highest BCUT2D eigenvalue weighted by molar-refractivity contribution is 5.94. The number of fused-ring (bicyclic) bond motifs is 22. The quantitative estimate of drug-likeness (QED) is 0.0176. The first-order valence-corrected chi connectivity index (χ1v) is 55.0. The van der Waals surface area contributed by atoms with E-state index in [2.05, 4.69) is 125 Å². The van der Waals surface area contributed by atoms with E-state index in [0.29, 0.717) is 98.5 Å². The summed E-state index contributed by atoms with van der Waals surface area (Å²) in [5.74, 6) is 5.28. The third kappa shape index (κ3) is 16.9. The number of methoxy groups -OCH3 is 2. The number of rotatable bonds is 24. The molecule has 16 saturated carbocycles. The van der Waals surface area contributed by atoms with E-state index < -0.39 is 58.7 Å². The Balaban J connectivity index is 0.000000178. The molecule has 16 aliphatic carbocycles. The number of anilines is 2. The molecule has 0 radical (unpaired) electrons. The van der Waals surface area contributed by atoms with Gasteiger partial charge < -0.3 is 71.6 Å². The smallest absolute Gasteiger partial charge is 0.305 e. The molecule has 44 atom stereocenters. The van der Waals surface area contributed by atoms with Gasteiger partial charge in [-0.3, -0.25) is 39.4 Å². The number of nitro benzene ring substituents is 2. The molecule has 16 aliphatic rings. The Bertz CT molecular complexity index is 4900. The van der Waals surface area contributed by atoms with Crippen molar-refractivity contribution < 1.29 is 88.6 Å². The zero-order chi connectivity index (χ0) is 99.6. The summed E-state index contributed by atoms with van der Waals surface area (Å²) in [5.41, 5.74) is 0.629. The fourth-order valence-electron chi connectivity index (χ4n) is 38.8. The number of nitrogens with one attached hydrogen (secondary N) is 4.